The first-order valence-electron chi connectivity index (χ1n) is 7.91. The summed E-state index contributed by atoms with van der Waals surface area (Å²) in [6.45, 7) is 1.48. The fourth-order valence-corrected chi connectivity index (χ4v) is 2.70. The Hall–Kier alpha value is -2.76. The second-order valence-corrected chi connectivity index (χ2v) is 8.33. The maximum absolute atomic E-state index is 12.7. The summed E-state index contributed by atoms with van der Waals surface area (Å²) in [6, 6.07) is 0.0452. The van der Waals surface area contributed by atoms with Crippen LogP contribution in [-0.2, 0) is 29.7 Å². The zero-order valence-corrected chi connectivity index (χ0v) is 17.4. The average molecular weight is 518 g/mol. The molecule has 0 aromatic heterocycles. The zero-order valence-electron chi connectivity index (χ0n) is 15.7. The van der Waals surface area contributed by atoms with Gasteiger partial charge in [-0.3, -0.25) is 0 Å². The molecule has 0 heterocycles. The number of rotatable bonds is 8. The van der Waals surface area contributed by atoms with Crippen molar-refractivity contribution in [3.63, 3.8) is 0 Å². The molecule has 0 bridgehead atoms. The van der Waals surface area contributed by atoms with Crippen molar-refractivity contribution >= 4 is 32.2 Å². The summed E-state index contributed by atoms with van der Waals surface area (Å²) in [5, 5.41) is 0. The van der Waals surface area contributed by atoms with E-state index in [1.807, 2.05) is 0 Å². The van der Waals surface area contributed by atoms with Gasteiger partial charge in [0.1, 0.15) is 11.1 Å². The van der Waals surface area contributed by atoms with E-state index in [0.29, 0.717) is 0 Å². The summed E-state index contributed by atoms with van der Waals surface area (Å²) in [5.74, 6) is -6.35. The lowest BCUT2D eigenvalue weighted by Gasteiger charge is -2.17. The van der Waals surface area contributed by atoms with Gasteiger partial charge < -0.3 is 17.8 Å². The second kappa shape index (κ2) is 9.39. The van der Waals surface area contributed by atoms with E-state index in [4.69, 9.17) is 0 Å². The van der Waals surface area contributed by atoms with Gasteiger partial charge in [-0.25, -0.2) is 9.59 Å². The highest BCUT2D eigenvalue weighted by molar-refractivity contribution is 7.88. The van der Waals surface area contributed by atoms with Crippen molar-refractivity contribution in [2.45, 2.75) is 24.9 Å². The van der Waals surface area contributed by atoms with E-state index in [9.17, 15) is 52.8 Å². The SMILES string of the molecule is CCOC(=O)c1cc(OS(=O)(=O)C(F)(F)F)c(C(=O)OCC)cc1OS(=O)(=O)C(F)(F)F. The predicted molar refractivity (Wildman–Crippen MR) is 89.6 cm³/mol. The Bertz CT molecular complexity index is 1000. The van der Waals surface area contributed by atoms with Crippen LogP contribution in [0.15, 0.2) is 12.1 Å². The number of carbonyl (C=O) groups excluding carboxylic acids is 2. The molecule has 0 saturated heterocycles. The molecule has 0 N–H and O–H groups in total. The molecular formula is C14H12F6O10S2. The van der Waals surface area contributed by atoms with Gasteiger partial charge in [0.15, 0.2) is 11.5 Å². The Morgan fingerprint density at radius 3 is 1.22 bits per heavy atom. The molecule has 0 aliphatic heterocycles. The standard InChI is InChI=1S/C14H12F6O10S2/c1-3-27-11(21)7-5-10(30-32(25,26)14(18,19)20)8(12(22)28-4-2)6-9(7)29-31(23,24)13(15,16)17/h5-6H,3-4H2,1-2H3. The van der Waals surface area contributed by atoms with Gasteiger partial charge in [0.2, 0.25) is 0 Å². The Kier molecular flexibility index (Phi) is 8.00. The maximum atomic E-state index is 12.7. The second-order valence-electron chi connectivity index (χ2n) is 5.25. The van der Waals surface area contributed by atoms with Crippen LogP contribution >= 0.6 is 0 Å². The fraction of sp³-hybridized carbons (Fsp3) is 0.429. The van der Waals surface area contributed by atoms with Crippen LogP contribution in [0.5, 0.6) is 11.5 Å². The summed E-state index contributed by atoms with van der Waals surface area (Å²) in [5.41, 5.74) is -14.6. The Labute approximate surface area is 176 Å². The van der Waals surface area contributed by atoms with E-state index in [1.54, 1.807) is 0 Å². The van der Waals surface area contributed by atoms with E-state index in [0.717, 1.165) is 0 Å². The van der Waals surface area contributed by atoms with Crippen LogP contribution in [0.3, 0.4) is 0 Å². The lowest BCUT2D eigenvalue weighted by molar-refractivity contribution is -0.0506. The van der Waals surface area contributed by atoms with Crippen molar-refractivity contribution in [2.24, 2.45) is 0 Å². The molecule has 0 amide bonds. The lowest BCUT2D eigenvalue weighted by atomic mass is 10.1. The average Bonchev–Trinajstić information content (AvgIpc) is 2.60. The quantitative estimate of drug-likeness (QED) is 0.218. The van der Waals surface area contributed by atoms with Gasteiger partial charge in [-0.2, -0.15) is 43.2 Å². The molecule has 0 spiro atoms. The molecule has 0 unspecified atom stereocenters. The van der Waals surface area contributed by atoms with Gasteiger partial charge >= 0.3 is 43.2 Å². The summed E-state index contributed by atoms with van der Waals surface area (Å²) < 4.78 is 138. The minimum absolute atomic E-state index is 0.0226. The smallest absolute Gasteiger partial charge is 0.462 e. The molecule has 0 atom stereocenters. The topological polar surface area (TPSA) is 139 Å². The fourth-order valence-electron chi connectivity index (χ4n) is 1.77. The van der Waals surface area contributed by atoms with Crippen LogP contribution in [0.2, 0.25) is 0 Å². The molecular weight excluding hydrogens is 506 g/mol. The van der Waals surface area contributed by atoms with Gasteiger partial charge in [-0.15, -0.1) is 0 Å². The van der Waals surface area contributed by atoms with Crippen molar-refractivity contribution in [3.8, 4) is 11.5 Å². The first-order chi connectivity index (χ1) is 14.4. The molecule has 1 aromatic rings. The van der Waals surface area contributed by atoms with Crippen LogP contribution in [0, 0.1) is 0 Å². The Balaban J connectivity index is 3.85. The molecule has 18 heteroatoms. The van der Waals surface area contributed by atoms with Crippen LogP contribution in [0.25, 0.3) is 0 Å². The number of ether oxygens (including phenoxy) is 2. The van der Waals surface area contributed by atoms with Crippen molar-refractivity contribution in [1.82, 2.24) is 0 Å². The van der Waals surface area contributed by atoms with Crippen LogP contribution < -0.4 is 8.37 Å². The molecule has 1 aromatic carbocycles. The van der Waals surface area contributed by atoms with Crippen molar-refractivity contribution in [3.05, 3.63) is 23.3 Å². The first-order valence-corrected chi connectivity index (χ1v) is 10.7. The first kappa shape index (κ1) is 27.3. The van der Waals surface area contributed by atoms with E-state index in [-0.39, 0.29) is 12.1 Å². The molecule has 32 heavy (non-hydrogen) atoms. The molecule has 0 fully saturated rings. The van der Waals surface area contributed by atoms with E-state index >= 15 is 0 Å². The summed E-state index contributed by atoms with van der Waals surface area (Å²) in [6.07, 6.45) is 0. The molecule has 10 nitrogen and oxygen atoms in total. The van der Waals surface area contributed by atoms with Crippen LogP contribution in [-0.4, -0.2) is 53.0 Å². The highest BCUT2D eigenvalue weighted by Gasteiger charge is 2.50. The number of hydrogen-bond acceptors (Lipinski definition) is 10. The van der Waals surface area contributed by atoms with Gasteiger partial charge in [0, 0.05) is 12.1 Å². The summed E-state index contributed by atoms with van der Waals surface area (Å²) >= 11 is 0. The monoisotopic (exact) mass is 518 g/mol. The van der Waals surface area contributed by atoms with Crippen molar-refractivity contribution in [2.75, 3.05) is 13.2 Å². The minimum atomic E-state index is -6.45. The number of halogens is 6. The number of esters is 2. The largest absolute Gasteiger partial charge is 0.534 e. The third-order valence-corrected chi connectivity index (χ3v) is 4.97. The number of benzene rings is 1. The third-order valence-electron chi connectivity index (χ3n) is 3.04. The number of hydrogen-bond donors (Lipinski definition) is 0. The highest BCUT2D eigenvalue weighted by atomic mass is 32.2. The minimum Gasteiger partial charge on any atom is -0.462 e. The van der Waals surface area contributed by atoms with Crippen molar-refractivity contribution in [1.29, 1.82) is 0 Å². The molecule has 1 rings (SSSR count). The Morgan fingerprint density at radius 1 is 0.719 bits per heavy atom. The molecule has 0 saturated carbocycles. The van der Waals surface area contributed by atoms with Gasteiger partial charge in [0.25, 0.3) is 0 Å². The van der Waals surface area contributed by atoms with Gasteiger partial charge in [-0.1, -0.05) is 0 Å². The zero-order chi connectivity index (χ0) is 25.1. The summed E-state index contributed by atoms with van der Waals surface area (Å²) in [7, 11) is -12.9. The normalized spacial score (nSPS) is 12.8. The van der Waals surface area contributed by atoms with Crippen molar-refractivity contribution < 1.29 is 70.6 Å². The number of carbonyl (C=O) groups is 2. The molecule has 0 aliphatic carbocycles. The van der Waals surface area contributed by atoms with E-state index < -0.39 is 79.0 Å². The number of alkyl halides is 6. The van der Waals surface area contributed by atoms with Crippen LogP contribution in [0.4, 0.5) is 26.3 Å². The van der Waals surface area contributed by atoms with Crippen LogP contribution in [0.1, 0.15) is 34.6 Å². The van der Waals surface area contributed by atoms with Gasteiger partial charge in [-0.05, 0) is 13.8 Å². The third kappa shape index (κ3) is 6.15. The molecule has 0 radical (unpaired) electrons. The van der Waals surface area contributed by atoms with Gasteiger partial charge in [0.05, 0.1) is 13.2 Å². The van der Waals surface area contributed by atoms with E-state index in [1.165, 1.54) is 13.8 Å². The maximum Gasteiger partial charge on any atom is 0.534 e. The molecule has 182 valence electrons. The highest BCUT2D eigenvalue weighted by Crippen LogP contribution is 2.36. The lowest BCUT2D eigenvalue weighted by Crippen LogP contribution is -2.30. The van der Waals surface area contributed by atoms with E-state index in [2.05, 4.69) is 17.8 Å². The predicted octanol–water partition coefficient (Wildman–Crippen LogP) is 2.50. The Morgan fingerprint density at radius 2 is 1.00 bits per heavy atom. The summed E-state index contributed by atoms with van der Waals surface area (Å²) in [4.78, 5) is 24.0. The molecule has 0 aliphatic rings.